The first-order valence-electron chi connectivity index (χ1n) is 22.8. The monoisotopic (exact) mass is 853 g/mol. The van der Waals surface area contributed by atoms with E-state index in [4.69, 9.17) is 4.42 Å². The zero-order valence-corrected chi connectivity index (χ0v) is 37.4. The predicted molar refractivity (Wildman–Crippen MR) is 273 cm³/mol. The zero-order valence-electron chi connectivity index (χ0n) is 36.2. The number of hydrogen-bond acceptors (Lipinski definition) is 2. The van der Waals surface area contributed by atoms with Crippen molar-refractivity contribution in [1.82, 2.24) is 4.57 Å². The van der Waals surface area contributed by atoms with E-state index in [-0.39, 0.29) is 11.4 Å². The number of aromatic nitrogens is 1. The van der Waals surface area contributed by atoms with Gasteiger partial charge in [0, 0.05) is 5.39 Å². The van der Waals surface area contributed by atoms with Gasteiger partial charge in [-0.1, -0.05) is 48.5 Å². The van der Waals surface area contributed by atoms with E-state index in [9.17, 15) is 0 Å². The van der Waals surface area contributed by atoms with Crippen LogP contribution in [0.5, 0.6) is 0 Å². The van der Waals surface area contributed by atoms with E-state index in [0.717, 1.165) is 33.2 Å². The molecule has 2 aliphatic rings. The molecule has 2 aromatic heterocycles. The molecule has 0 bridgehead atoms. The topological polar surface area (TPSA) is 21.3 Å². The van der Waals surface area contributed by atoms with Gasteiger partial charge in [-0.05, 0) is 6.07 Å². The SMILES string of the molecule is C[SiH-](C)(C)c1ccc(N(c2cc3c(c4ccccc24)-c2c(ccc4ccccc24)C32c3ccccc3-n3c4ccccc4c4cccc2c43)c2cccc3c2oc2c(F)cccc23)cc1. The summed E-state index contributed by atoms with van der Waals surface area (Å²) in [4.78, 5) is 2.38. The van der Waals surface area contributed by atoms with Crippen LogP contribution in [0.25, 0.3) is 82.1 Å². The molecule has 1 unspecified atom stereocenters. The second-order valence-corrected chi connectivity index (χ2v) is 25.2. The van der Waals surface area contributed by atoms with Crippen LogP contribution in [0.4, 0.5) is 21.5 Å². The molecule has 0 fully saturated rings. The number of anilines is 3. The fourth-order valence-corrected chi connectivity index (χ4v) is 13.3. The Morgan fingerprint density at radius 2 is 1.11 bits per heavy atom. The summed E-state index contributed by atoms with van der Waals surface area (Å²) in [7, 11) is -1.96. The van der Waals surface area contributed by atoms with Crippen molar-refractivity contribution >= 4 is 95.6 Å². The number of rotatable bonds is 4. The van der Waals surface area contributed by atoms with Crippen molar-refractivity contribution in [2.75, 3.05) is 4.90 Å². The van der Waals surface area contributed by atoms with Gasteiger partial charge in [-0.15, -0.1) is 0 Å². The Morgan fingerprint density at radius 1 is 0.477 bits per heavy atom. The Bertz CT molecular complexity index is 4020. The molecule has 0 saturated heterocycles. The van der Waals surface area contributed by atoms with Crippen molar-refractivity contribution in [1.29, 1.82) is 0 Å². The molecule has 0 radical (unpaired) electrons. The third kappa shape index (κ3) is 4.72. The van der Waals surface area contributed by atoms with Gasteiger partial charge in [-0.25, -0.2) is 0 Å². The summed E-state index contributed by atoms with van der Waals surface area (Å²) in [5, 5.41) is 10.3. The summed E-state index contributed by atoms with van der Waals surface area (Å²) in [6.07, 6.45) is 0. The van der Waals surface area contributed by atoms with Gasteiger partial charge in [0.2, 0.25) is 0 Å². The maximum absolute atomic E-state index is 15.6. The molecule has 1 spiro atoms. The Kier molecular flexibility index (Phi) is 7.31. The predicted octanol–water partition coefficient (Wildman–Crippen LogP) is 15.6. The van der Waals surface area contributed by atoms with Crippen LogP contribution in [0.15, 0.2) is 199 Å². The summed E-state index contributed by atoms with van der Waals surface area (Å²) in [5.74, 6) is -0.367. The van der Waals surface area contributed by atoms with Gasteiger partial charge in [0.15, 0.2) is 0 Å². The Morgan fingerprint density at radius 3 is 1.94 bits per heavy atom. The normalized spacial score (nSPS) is 15.4. The molecule has 0 N–H and O–H groups in total. The molecule has 1 aliphatic carbocycles. The van der Waals surface area contributed by atoms with E-state index >= 15 is 4.39 Å². The molecule has 3 nitrogen and oxygen atoms in total. The number of para-hydroxylation sites is 5. The fraction of sp³-hybridized carbons (Fsp3) is 0.0667. The van der Waals surface area contributed by atoms with E-state index in [1.807, 2.05) is 12.1 Å². The average molecular weight is 854 g/mol. The van der Waals surface area contributed by atoms with Gasteiger partial charge in [0.25, 0.3) is 0 Å². The third-order valence-electron chi connectivity index (χ3n) is 14.7. The van der Waals surface area contributed by atoms with Gasteiger partial charge in [0.1, 0.15) is 0 Å². The van der Waals surface area contributed by atoms with Crippen molar-refractivity contribution in [2.45, 2.75) is 25.1 Å². The summed E-state index contributed by atoms with van der Waals surface area (Å²) in [6, 6.07) is 70.6. The number of halogens is 1. The average Bonchev–Trinajstić information content (AvgIpc) is 3.99. The molecular formula is C60H42FN2OSi-. The molecule has 3 heterocycles. The first-order valence-corrected chi connectivity index (χ1v) is 26.9. The van der Waals surface area contributed by atoms with Crippen LogP contribution in [-0.2, 0) is 5.41 Å². The van der Waals surface area contributed by atoms with Crippen LogP contribution in [0.1, 0.15) is 22.3 Å². The van der Waals surface area contributed by atoms with Crippen LogP contribution in [0.2, 0.25) is 19.6 Å². The van der Waals surface area contributed by atoms with Gasteiger partial charge >= 0.3 is 312 Å². The number of furan rings is 1. The van der Waals surface area contributed by atoms with Crippen LogP contribution < -0.4 is 10.1 Å². The quantitative estimate of drug-likeness (QED) is 0.165. The van der Waals surface area contributed by atoms with Crippen LogP contribution in [-0.4, -0.2) is 12.6 Å². The second kappa shape index (κ2) is 12.9. The molecule has 65 heavy (non-hydrogen) atoms. The molecule has 0 amide bonds. The van der Waals surface area contributed by atoms with Crippen LogP contribution in [0, 0.1) is 5.82 Å². The van der Waals surface area contributed by atoms with Gasteiger partial charge in [-0.3, -0.25) is 0 Å². The zero-order chi connectivity index (χ0) is 43.3. The molecule has 10 aromatic carbocycles. The van der Waals surface area contributed by atoms with Gasteiger partial charge in [0.05, 0.1) is 5.52 Å². The molecule has 1 aliphatic heterocycles. The number of hydrogen-bond donors (Lipinski definition) is 0. The summed E-state index contributed by atoms with van der Waals surface area (Å²) < 4.78 is 24.8. The van der Waals surface area contributed by atoms with E-state index in [1.54, 1.807) is 6.07 Å². The van der Waals surface area contributed by atoms with Gasteiger partial charge < -0.3 is 0 Å². The van der Waals surface area contributed by atoms with Gasteiger partial charge in [-0.2, -0.15) is 0 Å². The standard InChI is InChI=1S/C60H42FN2OSi/c1-65(2,3)38-32-30-37(31-33-38)62(53-28-14-22-45-44-21-13-25-50(61)58(44)64-59(45)53)54-35-49-56(42-19-7-6-17-40(42)54)55-39-16-5-4-15-36(39)29-34-47(55)60(49)46-23-9-11-27-52(46)63-51-26-10-8-18-41(51)43-20-12-24-48(60)57(43)63/h4-35,65H,1-3H3/q-1. The first kappa shape index (κ1) is 36.7. The molecule has 310 valence electrons. The number of fused-ring (bicyclic) bond motifs is 19. The minimum atomic E-state index is -1.96. The van der Waals surface area contributed by atoms with Crippen LogP contribution in [0.3, 0.4) is 0 Å². The van der Waals surface area contributed by atoms with E-state index in [1.165, 1.54) is 88.3 Å². The van der Waals surface area contributed by atoms with E-state index < -0.39 is 13.5 Å². The van der Waals surface area contributed by atoms with Crippen LogP contribution >= 0.6 is 0 Å². The fourth-order valence-electron chi connectivity index (χ4n) is 11.9. The summed E-state index contributed by atoms with van der Waals surface area (Å²) >= 11 is 0. The number of benzene rings is 10. The first-order chi connectivity index (χ1) is 31.8. The molecule has 5 heteroatoms. The Balaban J connectivity index is 1.18. The second-order valence-electron chi connectivity index (χ2n) is 19.3. The van der Waals surface area contributed by atoms with Crippen molar-refractivity contribution < 1.29 is 8.81 Å². The molecule has 14 rings (SSSR count). The maximum atomic E-state index is 15.6. The Hall–Kier alpha value is -7.73. The summed E-state index contributed by atoms with van der Waals surface area (Å²) in [5.41, 5.74) is 14.3. The van der Waals surface area contributed by atoms with E-state index in [2.05, 4.69) is 199 Å². The third-order valence-corrected chi connectivity index (χ3v) is 17.1. The molecule has 1 atom stereocenters. The molecule has 0 saturated carbocycles. The van der Waals surface area contributed by atoms with Crippen molar-refractivity contribution in [2.24, 2.45) is 0 Å². The Labute approximate surface area is 376 Å². The number of nitrogens with zero attached hydrogens (tertiary/aromatic N) is 2. The molecule has 12 aromatic rings. The van der Waals surface area contributed by atoms with E-state index in [0.29, 0.717) is 5.58 Å². The minimum absolute atomic E-state index is 0.271. The van der Waals surface area contributed by atoms with Crippen molar-refractivity contribution in [3.05, 3.63) is 222 Å². The molecular weight excluding hydrogens is 812 g/mol. The summed E-state index contributed by atoms with van der Waals surface area (Å²) in [6.45, 7) is 7.25. The van der Waals surface area contributed by atoms with Crippen molar-refractivity contribution in [3.63, 3.8) is 0 Å². The van der Waals surface area contributed by atoms with Crippen molar-refractivity contribution in [3.8, 4) is 16.8 Å².